The van der Waals surface area contributed by atoms with Gasteiger partial charge in [0.15, 0.2) is 0 Å². The molecule has 1 saturated heterocycles. The van der Waals surface area contributed by atoms with Gasteiger partial charge in [0.05, 0.1) is 31.5 Å². The molecule has 0 bridgehead atoms. The second-order valence-electron chi connectivity index (χ2n) is 5.74. The van der Waals surface area contributed by atoms with Crippen LogP contribution in [0.25, 0.3) is 0 Å². The molecular weight excluding hydrogens is 321 g/mol. The van der Waals surface area contributed by atoms with Crippen LogP contribution in [-0.2, 0) is 15.9 Å². The van der Waals surface area contributed by atoms with Gasteiger partial charge < -0.3 is 15.2 Å². The Bertz CT molecular complexity index is 832. The molecule has 0 radical (unpaired) electrons. The fourth-order valence-electron chi connectivity index (χ4n) is 2.68. The van der Waals surface area contributed by atoms with Gasteiger partial charge in [-0.15, -0.1) is 0 Å². The quantitative estimate of drug-likeness (QED) is 0.873. The molecule has 2 aromatic carbocycles. The molecule has 1 aliphatic rings. The summed E-state index contributed by atoms with van der Waals surface area (Å²) in [4.78, 5) is 11.7. The molecule has 0 spiro atoms. The van der Waals surface area contributed by atoms with Gasteiger partial charge in [-0.2, -0.15) is 0 Å². The van der Waals surface area contributed by atoms with E-state index in [1.54, 1.807) is 36.4 Å². The van der Waals surface area contributed by atoms with Crippen molar-refractivity contribution in [3.63, 3.8) is 0 Å². The van der Waals surface area contributed by atoms with Crippen molar-refractivity contribution in [3.05, 3.63) is 70.5 Å². The number of halogens is 1. The Kier molecular flexibility index (Phi) is 5.44. The molecule has 1 amide bonds. The molecule has 1 atom stereocenters. The summed E-state index contributed by atoms with van der Waals surface area (Å²) in [6, 6.07) is 11.5. The minimum absolute atomic E-state index is 0.123. The first-order valence-electron chi connectivity index (χ1n) is 8.02. The maximum absolute atomic E-state index is 13.7. The Morgan fingerprint density at radius 1 is 1.20 bits per heavy atom. The van der Waals surface area contributed by atoms with E-state index in [1.807, 2.05) is 0 Å². The number of carbonyl (C=O) groups is 1. The molecule has 1 fully saturated rings. The molecule has 1 heterocycles. The number of carbonyl (C=O) groups excluding carboxylic acids is 1. The van der Waals surface area contributed by atoms with Crippen LogP contribution in [0.5, 0.6) is 0 Å². The van der Waals surface area contributed by atoms with Crippen molar-refractivity contribution in [2.45, 2.75) is 12.5 Å². The number of ether oxygens (including phenoxy) is 2. The van der Waals surface area contributed by atoms with Gasteiger partial charge in [-0.05, 0) is 35.9 Å². The van der Waals surface area contributed by atoms with Crippen molar-refractivity contribution in [1.29, 1.82) is 0 Å². The zero-order chi connectivity index (χ0) is 17.6. The topological polar surface area (TPSA) is 61.6 Å². The summed E-state index contributed by atoms with van der Waals surface area (Å²) in [5, 5.41) is 0. The zero-order valence-electron chi connectivity index (χ0n) is 13.6. The molecule has 0 aliphatic carbocycles. The lowest BCUT2D eigenvalue weighted by molar-refractivity contribution is -0.0872. The number of primary amides is 1. The maximum atomic E-state index is 13.7. The zero-order valence-corrected chi connectivity index (χ0v) is 13.6. The Morgan fingerprint density at radius 3 is 2.76 bits per heavy atom. The number of hydrogen-bond donors (Lipinski definition) is 1. The van der Waals surface area contributed by atoms with E-state index in [-0.39, 0.29) is 11.9 Å². The van der Waals surface area contributed by atoms with Gasteiger partial charge in [0.2, 0.25) is 5.91 Å². The second-order valence-corrected chi connectivity index (χ2v) is 5.74. The van der Waals surface area contributed by atoms with Crippen LogP contribution >= 0.6 is 0 Å². The highest BCUT2D eigenvalue weighted by Crippen LogP contribution is 2.17. The Hall–Kier alpha value is -2.68. The third kappa shape index (κ3) is 4.44. The van der Waals surface area contributed by atoms with Crippen LogP contribution in [-0.4, -0.2) is 31.8 Å². The number of hydrogen-bond acceptors (Lipinski definition) is 3. The smallest absolute Gasteiger partial charge is 0.248 e. The van der Waals surface area contributed by atoms with Crippen LogP contribution in [0.1, 0.15) is 27.0 Å². The number of benzene rings is 2. The molecule has 0 saturated carbocycles. The van der Waals surface area contributed by atoms with Crippen LogP contribution in [0, 0.1) is 17.7 Å². The normalized spacial score (nSPS) is 16.8. The van der Waals surface area contributed by atoms with Gasteiger partial charge in [-0.1, -0.05) is 24.0 Å². The van der Waals surface area contributed by atoms with Gasteiger partial charge >= 0.3 is 0 Å². The van der Waals surface area contributed by atoms with Gasteiger partial charge in [0.25, 0.3) is 0 Å². The van der Waals surface area contributed by atoms with E-state index < -0.39 is 5.91 Å². The predicted molar refractivity (Wildman–Crippen MR) is 91.6 cm³/mol. The summed E-state index contributed by atoms with van der Waals surface area (Å²) >= 11 is 0. The summed E-state index contributed by atoms with van der Waals surface area (Å²) in [7, 11) is 0. The summed E-state index contributed by atoms with van der Waals surface area (Å²) in [5.41, 5.74) is 7.65. The Morgan fingerprint density at radius 2 is 2.04 bits per heavy atom. The summed E-state index contributed by atoms with van der Waals surface area (Å²) in [6.45, 7) is 1.58. The first-order chi connectivity index (χ1) is 12.1. The fraction of sp³-hybridized carbons (Fsp3) is 0.250. The summed E-state index contributed by atoms with van der Waals surface area (Å²) in [5.74, 6) is 4.88. The molecule has 3 rings (SSSR count). The fourth-order valence-corrected chi connectivity index (χ4v) is 2.68. The first-order valence-corrected chi connectivity index (χ1v) is 8.02. The van der Waals surface area contributed by atoms with Crippen molar-refractivity contribution < 1.29 is 18.7 Å². The van der Waals surface area contributed by atoms with Crippen LogP contribution < -0.4 is 5.73 Å². The highest BCUT2D eigenvalue weighted by molar-refractivity contribution is 5.94. The van der Waals surface area contributed by atoms with E-state index in [0.29, 0.717) is 42.9 Å². The van der Waals surface area contributed by atoms with E-state index in [9.17, 15) is 9.18 Å². The van der Waals surface area contributed by atoms with E-state index >= 15 is 0 Å². The van der Waals surface area contributed by atoms with Crippen molar-refractivity contribution in [1.82, 2.24) is 0 Å². The van der Waals surface area contributed by atoms with Crippen LogP contribution in [0.15, 0.2) is 42.5 Å². The Balaban J connectivity index is 1.87. The molecule has 4 nitrogen and oxygen atoms in total. The molecular formula is C20H18FNO3. The average Bonchev–Trinajstić information content (AvgIpc) is 2.62. The van der Waals surface area contributed by atoms with Crippen molar-refractivity contribution >= 4 is 5.91 Å². The predicted octanol–water partition coefficient (Wildman–Crippen LogP) is 2.28. The summed E-state index contributed by atoms with van der Waals surface area (Å²) < 4.78 is 24.7. The van der Waals surface area contributed by atoms with Crippen LogP contribution in [0.2, 0.25) is 0 Å². The van der Waals surface area contributed by atoms with Gasteiger partial charge in [-0.3, -0.25) is 4.79 Å². The monoisotopic (exact) mass is 339 g/mol. The van der Waals surface area contributed by atoms with Crippen LogP contribution in [0.4, 0.5) is 4.39 Å². The molecule has 2 aromatic rings. The average molecular weight is 339 g/mol. The number of rotatable bonds is 3. The standard InChI is InChI=1S/C20H18FNO3/c21-19-4-2-1-3-15(19)7-5-14-6-8-18(20(22)23)16(11-14)12-17-13-24-9-10-25-17/h1-4,6,8,11,17H,9-10,12-13H2,(H2,22,23). The van der Waals surface area contributed by atoms with Crippen molar-refractivity contribution in [3.8, 4) is 11.8 Å². The molecule has 5 heteroatoms. The van der Waals surface area contributed by atoms with E-state index in [4.69, 9.17) is 15.2 Å². The van der Waals surface area contributed by atoms with Gasteiger partial charge in [-0.25, -0.2) is 4.39 Å². The minimum Gasteiger partial charge on any atom is -0.376 e. The van der Waals surface area contributed by atoms with Crippen molar-refractivity contribution in [2.75, 3.05) is 19.8 Å². The van der Waals surface area contributed by atoms with E-state index in [0.717, 1.165) is 5.56 Å². The SMILES string of the molecule is NC(=O)c1ccc(C#Cc2ccccc2F)cc1CC1COCCO1. The van der Waals surface area contributed by atoms with Crippen molar-refractivity contribution in [2.24, 2.45) is 5.73 Å². The van der Waals surface area contributed by atoms with Crippen LogP contribution in [0.3, 0.4) is 0 Å². The first kappa shape index (κ1) is 17.2. The molecule has 128 valence electrons. The third-order valence-electron chi connectivity index (χ3n) is 3.92. The lowest BCUT2D eigenvalue weighted by atomic mass is 9.98. The molecule has 2 N–H and O–H groups in total. The highest BCUT2D eigenvalue weighted by Gasteiger charge is 2.18. The number of amides is 1. The molecule has 0 aromatic heterocycles. The third-order valence-corrected chi connectivity index (χ3v) is 3.92. The minimum atomic E-state index is -0.500. The number of nitrogens with two attached hydrogens (primary N) is 1. The lowest BCUT2D eigenvalue weighted by Crippen LogP contribution is -2.31. The molecule has 1 aliphatic heterocycles. The largest absolute Gasteiger partial charge is 0.376 e. The van der Waals surface area contributed by atoms with Gasteiger partial charge in [0, 0.05) is 17.5 Å². The molecule has 1 unspecified atom stereocenters. The van der Waals surface area contributed by atoms with Gasteiger partial charge in [0.1, 0.15) is 5.82 Å². The lowest BCUT2D eigenvalue weighted by Gasteiger charge is -2.23. The molecule has 25 heavy (non-hydrogen) atoms. The van der Waals surface area contributed by atoms with E-state index in [1.165, 1.54) is 6.07 Å². The highest BCUT2D eigenvalue weighted by atomic mass is 19.1. The Labute approximate surface area is 145 Å². The maximum Gasteiger partial charge on any atom is 0.248 e. The van der Waals surface area contributed by atoms with E-state index in [2.05, 4.69) is 11.8 Å². The second kappa shape index (κ2) is 7.93. The summed E-state index contributed by atoms with van der Waals surface area (Å²) in [6.07, 6.45) is 0.384.